The lowest BCUT2D eigenvalue weighted by Gasteiger charge is -2.36. The summed E-state index contributed by atoms with van der Waals surface area (Å²) in [5, 5.41) is 3.68. The van der Waals surface area contributed by atoms with E-state index in [1.165, 1.54) is 44.9 Å². The van der Waals surface area contributed by atoms with Crippen LogP contribution < -0.4 is 5.32 Å². The van der Waals surface area contributed by atoms with Crippen LogP contribution in [-0.2, 0) is 4.74 Å². The van der Waals surface area contributed by atoms with Crippen molar-refractivity contribution in [3.8, 4) is 0 Å². The molecular weight excluding hydrogens is 234 g/mol. The molecule has 1 rings (SSSR count). The summed E-state index contributed by atoms with van der Waals surface area (Å²) in [7, 11) is 1.90. The van der Waals surface area contributed by atoms with Gasteiger partial charge in [0.05, 0.1) is 6.10 Å². The zero-order chi connectivity index (χ0) is 14.3. The molecule has 1 N–H and O–H groups in total. The molecule has 0 amide bonds. The fourth-order valence-corrected chi connectivity index (χ4v) is 3.38. The first-order valence-corrected chi connectivity index (χ1v) is 8.24. The van der Waals surface area contributed by atoms with E-state index in [9.17, 15) is 0 Å². The predicted molar refractivity (Wildman–Crippen MR) is 83.5 cm³/mol. The van der Waals surface area contributed by atoms with E-state index in [1.807, 2.05) is 7.11 Å². The zero-order valence-electron chi connectivity index (χ0n) is 13.8. The number of hydrogen-bond donors (Lipinski definition) is 1. The third kappa shape index (κ3) is 6.27. The van der Waals surface area contributed by atoms with Gasteiger partial charge in [-0.25, -0.2) is 0 Å². The molecule has 2 nitrogen and oxygen atoms in total. The van der Waals surface area contributed by atoms with E-state index in [0.29, 0.717) is 17.6 Å². The molecule has 114 valence electrons. The van der Waals surface area contributed by atoms with Crippen molar-refractivity contribution in [2.45, 2.75) is 84.8 Å². The largest absolute Gasteiger partial charge is 0.380 e. The maximum absolute atomic E-state index is 5.91. The maximum Gasteiger partial charge on any atom is 0.0752 e. The van der Waals surface area contributed by atoms with Gasteiger partial charge in [0.1, 0.15) is 0 Å². The highest BCUT2D eigenvalue weighted by Crippen LogP contribution is 2.31. The summed E-state index contributed by atoms with van der Waals surface area (Å²) in [5.74, 6) is 0.766. The van der Waals surface area contributed by atoms with Gasteiger partial charge in [-0.15, -0.1) is 0 Å². The summed E-state index contributed by atoms with van der Waals surface area (Å²) in [6.07, 6.45) is 9.81. The molecule has 19 heavy (non-hydrogen) atoms. The monoisotopic (exact) mass is 269 g/mol. The number of hydrogen-bond acceptors (Lipinski definition) is 2. The Hall–Kier alpha value is -0.0800. The van der Waals surface area contributed by atoms with Crippen LogP contribution in [0.1, 0.15) is 72.6 Å². The molecule has 2 unspecified atom stereocenters. The molecule has 2 atom stereocenters. The molecule has 0 aromatic rings. The van der Waals surface area contributed by atoms with Crippen molar-refractivity contribution >= 4 is 0 Å². The molecule has 0 saturated heterocycles. The zero-order valence-corrected chi connectivity index (χ0v) is 13.8. The highest BCUT2D eigenvalue weighted by molar-refractivity contribution is 4.85. The Bertz CT molecular complexity index is 228. The second-order valence-electron chi connectivity index (χ2n) is 7.36. The quantitative estimate of drug-likeness (QED) is 0.740. The van der Waals surface area contributed by atoms with Gasteiger partial charge in [-0.3, -0.25) is 0 Å². The lowest BCUT2D eigenvalue weighted by molar-refractivity contribution is 0.00402. The van der Waals surface area contributed by atoms with Crippen molar-refractivity contribution in [2.75, 3.05) is 13.7 Å². The van der Waals surface area contributed by atoms with Crippen molar-refractivity contribution in [3.05, 3.63) is 0 Å². The summed E-state index contributed by atoms with van der Waals surface area (Å²) >= 11 is 0. The SMILES string of the molecule is CCNC(CCC(C)(C)C)C(OC)C1CCCCC1. The van der Waals surface area contributed by atoms with Crippen LogP contribution >= 0.6 is 0 Å². The lowest BCUT2D eigenvalue weighted by Crippen LogP contribution is -2.46. The minimum absolute atomic E-state index is 0.405. The van der Waals surface area contributed by atoms with Crippen LogP contribution in [0.2, 0.25) is 0 Å². The van der Waals surface area contributed by atoms with Gasteiger partial charge in [-0.05, 0) is 43.6 Å². The Balaban J connectivity index is 2.58. The van der Waals surface area contributed by atoms with Crippen molar-refractivity contribution in [2.24, 2.45) is 11.3 Å². The minimum atomic E-state index is 0.405. The van der Waals surface area contributed by atoms with Crippen LogP contribution in [0.5, 0.6) is 0 Å². The molecule has 0 heterocycles. The van der Waals surface area contributed by atoms with E-state index in [2.05, 4.69) is 33.0 Å². The van der Waals surface area contributed by atoms with E-state index >= 15 is 0 Å². The molecule has 1 aliphatic carbocycles. The first-order valence-electron chi connectivity index (χ1n) is 8.24. The van der Waals surface area contributed by atoms with Gasteiger partial charge in [-0.1, -0.05) is 47.0 Å². The fourth-order valence-electron chi connectivity index (χ4n) is 3.38. The average Bonchev–Trinajstić information content (AvgIpc) is 2.37. The summed E-state index contributed by atoms with van der Waals surface area (Å²) in [6.45, 7) is 10.2. The molecule has 0 radical (unpaired) electrons. The van der Waals surface area contributed by atoms with Crippen molar-refractivity contribution in [3.63, 3.8) is 0 Å². The summed E-state index contributed by atoms with van der Waals surface area (Å²) in [5.41, 5.74) is 0.415. The van der Waals surface area contributed by atoms with Gasteiger partial charge in [0.15, 0.2) is 0 Å². The Morgan fingerprint density at radius 2 is 1.79 bits per heavy atom. The van der Waals surface area contributed by atoms with Crippen molar-refractivity contribution in [1.82, 2.24) is 5.32 Å². The fraction of sp³-hybridized carbons (Fsp3) is 1.00. The highest BCUT2D eigenvalue weighted by Gasteiger charge is 2.30. The second kappa shape index (κ2) is 8.26. The van der Waals surface area contributed by atoms with Gasteiger partial charge in [0.25, 0.3) is 0 Å². The Morgan fingerprint density at radius 3 is 2.26 bits per heavy atom. The van der Waals surface area contributed by atoms with Gasteiger partial charge >= 0.3 is 0 Å². The van der Waals surface area contributed by atoms with E-state index in [1.54, 1.807) is 0 Å². The lowest BCUT2D eigenvalue weighted by atomic mass is 9.79. The van der Waals surface area contributed by atoms with Crippen LogP contribution in [0.4, 0.5) is 0 Å². The van der Waals surface area contributed by atoms with Crippen LogP contribution in [0.3, 0.4) is 0 Å². The van der Waals surface area contributed by atoms with Crippen LogP contribution in [0.25, 0.3) is 0 Å². The Labute approximate surface area is 120 Å². The maximum atomic E-state index is 5.91. The summed E-state index contributed by atoms with van der Waals surface area (Å²) in [4.78, 5) is 0. The molecule has 0 aromatic heterocycles. The number of methoxy groups -OCH3 is 1. The van der Waals surface area contributed by atoms with Crippen LogP contribution in [0, 0.1) is 11.3 Å². The van der Waals surface area contributed by atoms with E-state index in [0.717, 1.165) is 12.5 Å². The first kappa shape index (κ1) is 17.0. The molecule has 1 saturated carbocycles. The van der Waals surface area contributed by atoms with E-state index < -0.39 is 0 Å². The molecule has 1 aliphatic rings. The van der Waals surface area contributed by atoms with Crippen LogP contribution in [0.15, 0.2) is 0 Å². The van der Waals surface area contributed by atoms with E-state index in [-0.39, 0.29) is 0 Å². The number of ether oxygens (including phenoxy) is 1. The second-order valence-corrected chi connectivity index (χ2v) is 7.36. The van der Waals surface area contributed by atoms with Crippen LogP contribution in [-0.4, -0.2) is 25.8 Å². The minimum Gasteiger partial charge on any atom is -0.380 e. The predicted octanol–water partition coefficient (Wildman–Crippen LogP) is 4.39. The molecular formula is C17H35NO. The third-order valence-corrected chi connectivity index (χ3v) is 4.45. The molecule has 2 heteroatoms. The standard InChI is InChI=1S/C17H35NO/c1-6-18-15(12-13-17(2,3)4)16(19-5)14-10-8-7-9-11-14/h14-16,18H,6-13H2,1-5H3. The molecule has 0 bridgehead atoms. The number of rotatable bonds is 7. The van der Waals surface area contributed by atoms with Gasteiger partial charge in [-0.2, -0.15) is 0 Å². The smallest absolute Gasteiger partial charge is 0.0752 e. The third-order valence-electron chi connectivity index (χ3n) is 4.45. The average molecular weight is 269 g/mol. The number of likely N-dealkylation sites (N-methyl/N-ethyl adjacent to an activating group) is 1. The number of nitrogens with one attached hydrogen (secondary N) is 1. The van der Waals surface area contributed by atoms with Gasteiger partial charge < -0.3 is 10.1 Å². The van der Waals surface area contributed by atoms with Gasteiger partial charge in [0, 0.05) is 13.2 Å². The molecule has 0 aromatic carbocycles. The van der Waals surface area contributed by atoms with Crippen molar-refractivity contribution < 1.29 is 4.74 Å². The first-order chi connectivity index (χ1) is 8.98. The molecule has 0 spiro atoms. The van der Waals surface area contributed by atoms with Gasteiger partial charge in [0.2, 0.25) is 0 Å². The normalized spacial score (nSPS) is 21.3. The molecule has 0 aliphatic heterocycles. The Kier molecular flexibility index (Phi) is 7.38. The van der Waals surface area contributed by atoms with Crippen molar-refractivity contribution in [1.29, 1.82) is 0 Å². The molecule has 1 fully saturated rings. The highest BCUT2D eigenvalue weighted by atomic mass is 16.5. The summed E-state index contributed by atoms with van der Waals surface area (Å²) in [6, 6.07) is 0.525. The topological polar surface area (TPSA) is 21.3 Å². The summed E-state index contributed by atoms with van der Waals surface area (Å²) < 4.78 is 5.91. The van der Waals surface area contributed by atoms with E-state index in [4.69, 9.17) is 4.74 Å². The Morgan fingerprint density at radius 1 is 1.16 bits per heavy atom.